The van der Waals surface area contributed by atoms with Crippen LogP contribution in [0.15, 0.2) is 29.6 Å². The summed E-state index contributed by atoms with van der Waals surface area (Å²) in [5.74, 6) is -2.16. The topological polar surface area (TPSA) is 65.8 Å². The maximum Gasteiger partial charge on any atom is 0.439 e. The van der Waals surface area contributed by atoms with Crippen LogP contribution in [0.4, 0.5) is 13.2 Å². The van der Waals surface area contributed by atoms with Crippen molar-refractivity contribution >= 4 is 11.6 Å². The number of halogens is 3. The Labute approximate surface area is 130 Å². The molecule has 1 amide bonds. The fourth-order valence-electron chi connectivity index (χ4n) is 3.23. The summed E-state index contributed by atoms with van der Waals surface area (Å²) in [6.45, 7) is 1.83. The number of carbonyl (C=O) groups excluding carboxylic acids is 1. The molecule has 0 saturated heterocycles. The SMILES string of the molecule is C[C@H]1CCC2=NN(C(=O)c3ccncc3)[C@](O)(C(F)(F)F)[C@@H]2C1. The highest BCUT2D eigenvalue weighted by Gasteiger charge is 2.68. The molecule has 3 atom stereocenters. The first-order valence-corrected chi connectivity index (χ1v) is 7.36. The predicted molar refractivity (Wildman–Crippen MR) is 75.4 cm³/mol. The summed E-state index contributed by atoms with van der Waals surface area (Å²) in [4.78, 5) is 16.2. The Hall–Kier alpha value is -1.96. The number of hydrogen-bond donors (Lipinski definition) is 1. The number of aromatic nitrogens is 1. The van der Waals surface area contributed by atoms with Gasteiger partial charge in [-0.2, -0.15) is 23.3 Å². The number of nitrogens with zero attached hydrogens (tertiary/aromatic N) is 3. The highest BCUT2D eigenvalue weighted by Crippen LogP contribution is 2.49. The summed E-state index contributed by atoms with van der Waals surface area (Å²) in [5, 5.41) is 14.5. The van der Waals surface area contributed by atoms with Crippen LogP contribution in [0.3, 0.4) is 0 Å². The minimum absolute atomic E-state index is 0.00118. The highest BCUT2D eigenvalue weighted by molar-refractivity contribution is 5.99. The number of rotatable bonds is 1. The smallest absolute Gasteiger partial charge is 0.362 e. The van der Waals surface area contributed by atoms with Crippen LogP contribution >= 0.6 is 0 Å². The molecule has 2 heterocycles. The van der Waals surface area contributed by atoms with E-state index in [1.165, 1.54) is 24.5 Å². The van der Waals surface area contributed by atoms with Crippen LogP contribution in [0, 0.1) is 11.8 Å². The molecule has 3 rings (SSSR count). The molecule has 0 bridgehead atoms. The molecule has 1 saturated carbocycles. The number of carbonyl (C=O) groups is 1. The Bertz CT molecular complexity index is 647. The molecule has 8 heteroatoms. The van der Waals surface area contributed by atoms with E-state index < -0.39 is 23.7 Å². The molecular weight excluding hydrogens is 311 g/mol. The van der Waals surface area contributed by atoms with Crippen molar-refractivity contribution in [3.05, 3.63) is 30.1 Å². The van der Waals surface area contributed by atoms with E-state index in [0.29, 0.717) is 12.8 Å². The number of fused-ring (bicyclic) bond motifs is 1. The normalized spacial score (nSPS) is 30.8. The van der Waals surface area contributed by atoms with Crippen LogP contribution in [0.25, 0.3) is 0 Å². The standard InChI is InChI=1S/C15H16F3N3O2/c1-9-2-3-12-11(8-9)14(23,15(16,17)18)21(20-12)13(22)10-4-6-19-7-5-10/h4-7,9,11,23H,2-3,8H2,1H3/t9-,11+,14+/m0/s1. The molecule has 1 aromatic heterocycles. The molecule has 1 fully saturated rings. The second kappa shape index (κ2) is 5.30. The zero-order valence-electron chi connectivity index (χ0n) is 12.4. The highest BCUT2D eigenvalue weighted by atomic mass is 19.4. The molecule has 1 aromatic rings. The average molecular weight is 327 g/mol. The molecule has 0 unspecified atom stereocenters. The number of aliphatic hydroxyl groups is 1. The van der Waals surface area contributed by atoms with E-state index >= 15 is 0 Å². The van der Waals surface area contributed by atoms with E-state index in [0.717, 1.165) is 0 Å². The Morgan fingerprint density at radius 1 is 1.39 bits per heavy atom. The van der Waals surface area contributed by atoms with Crippen LogP contribution < -0.4 is 0 Å². The third-order valence-corrected chi connectivity index (χ3v) is 4.51. The maximum atomic E-state index is 13.6. The molecule has 2 aliphatic rings. The van der Waals surface area contributed by atoms with Crippen LogP contribution in [-0.4, -0.2) is 38.6 Å². The van der Waals surface area contributed by atoms with Gasteiger partial charge in [0.25, 0.3) is 11.6 Å². The van der Waals surface area contributed by atoms with Gasteiger partial charge in [0, 0.05) is 23.7 Å². The Morgan fingerprint density at radius 2 is 2.04 bits per heavy atom. The quantitative estimate of drug-likeness (QED) is 0.862. The molecule has 124 valence electrons. The number of amides is 1. The number of hydrazone groups is 1. The summed E-state index contributed by atoms with van der Waals surface area (Å²) < 4.78 is 40.9. The van der Waals surface area contributed by atoms with Crippen molar-refractivity contribution in [1.29, 1.82) is 0 Å². The van der Waals surface area contributed by atoms with Crippen molar-refractivity contribution < 1.29 is 23.1 Å². The maximum absolute atomic E-state index is 13.6. The van der Waals surface area contributed by atoms with E-state index in [9.17, 15) is 23.1 Å². The van der Waals surface area contributed by atoms with Crippen molar-refractivity contribution in [1.82, 2.24) is 9.99 Å². The lowest BCUT2D eigenvalue weighted by molar-refractivity contribution is -0.313. The number of hydrogen-bond acceptors (Lipinski definition) is 4. The Kier molecular flexibility index (Phi) is 3.66. The van der Waals surface area contributed by atoms with Gasteiger partial charge >= 0.3 is 6.18 Å². The van der Waals surface area contributed by atoms with Crippen molar-refractivity contribution in [2.45, 2.75) is 38.1 Å². The predicted octanol–water partition coefficient (Wildman–Crippen LogP) is 2.58. The van der Waals surface area contributed by atoms with E-state index in [1.54, 1.807) is 0 Å². The fourth-order valence-corrected chi connectivity index (χ4v) is 3.23. The molecule has 0 radical (unpaired) electrons. The van der Waals surface area contributed by atoms with Crippen molar-refractivity contribution in [2.75, 3.05) is 0 Å². The summed E-state index contributed by atoms with van der Waals surface area (Å²) in [6, 6.07) is 2.59. The van der Waals surface area contributed by atoms with Crippen LogP contribution in [-0.2, 0) is 0 Å². The zero-order valence-corrected chi connectivity index (χ0v) is 12.4. The van der Waals surface area contributed by atoms with Gasteiger partial charge in [0.2, 0.25) is 0 Å². The molecule has 1 aliphatic carbocycles. The average Bonchev–Trinajstić information content (AvgIpc) is 2.81. The van der Waals surface area contributed by atoms with E-state index in [1.807, 2.05) is 6.92 Å². The summed E-state index contributed by atoms with van der Waals surface area (Å²) >= 11 is 0. The molecule has 0 aromatic carbocycles. The molecule has 5 nitrogen and oxygen atoms in total. The first kappa shape index (κ1) is 15.9. The third kappa shape index (κ3) is 2.41. The van der Waals surface area contributed by atoms with Gasteiger partial charge in [-0.05, 0) is 37.3 Å². The van der Waals surface area contributed by atoms with Crippen molar-refractivity contribution in [3.63, 3.8) is 0 Å². The third-order valence-electron chi connectivity index (χ3n) is 4.51. The van der Waals surface area contributed by atoms with Crippen LogP contribution in [0.5, 0.6) is 0 Å². The van der Waals surface area contributed by atoms with E-state index in [2.05, 4.69) is 10.1 Å². The van der Waals surface area contributed by atoms with Gasteiger partial charge < -0.3 is 5.11 Å². The zero-order chi connectivity index (χ0) is 16.8. The Balaban J connectivity index is 2.04. The lowest BCUT2D eigenvalue weighted by Gasteiger charge is -2.39. The van der Waals surface area contributed by atoms with Crippen LogP contribution in [0.1, 0.15) is 36.5 Å². The summed E-state index contributed by atoms with van der Waals surface area (Å²) in [6.07, 6.45) is -1.20. The number of pyridine rings is 1. The van der Waals surface area contributed by atoms with E-state index in [4.69, 9.17) is 0 Å². The van der Waals surface area contributed by atoms with E-state index in [-0.39, 0.29) is 28.6 Å². The van der Waals surface area contributed by atoms with Crippen LogP contribution in [0.2, 0.25) is 0 Å². The first-order chi connectivity index (χ1) is 10.7. The van der Waals surface area contributed by atoms with Gasteiger partial charge in [-0.25, -0.2) is 0 Å². The summed E-state index contributed by atoms with van der Waals surface area (Å²) in [7, 11) is 0. The number of alkyl halides is 3. The van der Waals surface area contributed by atoms with Crippen molar-refractivity contribution in [2.24, 2.45) is 16.9 Å². The van der Waals surface area contributed by atoms with Gasteiger partial charge in [0.05, 0.1) is 5.92 Å². The van der Waals surface area contributed by atoms with Gasteiger partial charge in [-0.3, -0.25) is 9.78 Å². The van der Waals surface area contributed by atoms with Gasteiger partial charge in [-0.15, -0.1) is 0 Å². The minimum atomic E-state index is -5.00. The molecular formula is C15H16F3N3O2. The van der Waals surface area contributed by atoms with Gasteiger partial charge in [0.1, 0.15) is 0 Å². The van der Waals surface area contributed by atoms with Crippen molar-refractivity contribution in [3.8, 4) is 0 Å². The fraction of sp³-hybridized carbons (Fsp3) is 0.533. The second-order valence-corrected chi connectivity index (χ2v) is 6.10. The van der Waals surface area contributed by atoms with Gasteiger partial charge in [-0.1, -0.05) is 6.92 Å². The first-order valence-electron chi connectivity index (χ1n) is 7.36. The molecule has 1 aliphatic heterocycles. The second-order valence-electron chi connectivity index (χ2n) is 6.10. The molecule has 1 N–H and O–H groups in total. The lowest BCUT2D eigenvalue weighted by atomic mass is 9.76. The largest absolute Gasteiger partial charge is 0.439 e. The van der Waals surface area contributed by atoms with Gasteiger partial charge in [0.15, 0.2) is 0 Å². The monoisotopic (exact) mass is 327 g/mol. The summed E-state index contributed by atoms with van der Waals surface area (Å²) in [5.41, 5.74) is -3.05. The Morgan fingerprint density at radius 3 is 2.65 bits per heavy atom. The lowest BCUT2D eigenvalue weighted by Crippen LogP contribution is -2.61. The minimum Gasteiger partial charge on any atom is -0.362 e. The molecule has 0 spiro atoms. The molecule has 23 heavy (non-hydrogen) atoms.